The summed E-state index contributed by atoms with van der Waals surface area (Å²) in [5, 5.41) is 12.7. The van der Waals surface area contributed by atoms with Gasteiger partial charge < -0.3 is 19.9 Å². The molecule has 0 aliphatic heterocycles. The van der Waals surface area contributed by atoms with Crippen LogP contribution in [0.4, 0.5) is 4.79 Å². The predicted molar refractivity (Wildman–Crippen MR) is 87.0 cm³/mol. The number of alkyl carbamates (subject to hydrolysis) is 1. The molecule has 6 nitrogen and oxygen atoms in total. The van der Waals surface area contributed by atoms with Crippen molar-refractivity contribution in [3.8, 4) is 0 Å². The van der Waals surface area contributed by atoms with Crippen molar-refractivity contribution in [3.05, 3.63) is 71.8 Å². The van der Waals surface area contributed by atoms with E-state index in [1.807, 2.05) is 30.3 Å². The van der Waals surface area contributed by atoms with Crippen LogP contribution >= 0.6 is 0 Å². The molecule has 2 atom stereocenters. The molecule has 0 radical (unpaired) electrons. The molecule has 1 unspecified atom stereocenters. The van der Waals surface area contributed by atoms with Crippen molar-refractivity contribution in [1.29, 1.82) is 0 Å². The number of hydrogen-bond acceptors (Lipinski definition) is 5. The van der Waals surface area contributed by atoms with E-state index in [9.17, 15) is 14.7 Å². The molecule has 0 fully saturated rings. The molecule has 2 aromatic carbocycles. The topological polar surface area (TPSA) is 84.9 Å². The number of rotatable bonds is 6. The largest absolute Gasteiger partial charge is 0.467 e. The van der Waals surface area contributed by atoms with Crippen LogP contribution in [0.1, 0.15) is 17.2 Å². The van der Waals surface area contributed by atoms with E-state index in [0.29, 0.717) is 5.56 Å². The van der Waals surface area contributed by atoms with E-state index in [0.717, 1.165) is 5.56 Å². The number of aliphatic hydroxyl groups excluding tert-OH is 1. The minimum Gasteiger partial charge on any atom is -0.467 e. The van der Waals surface area contributed by atoms with Crippen molar-refractivity contribution in [2.45, 2.75) is 18.8 Å². The normalized spacial score (nSPS) is 12.8. The molecule has 0 bridgehead atoms. The Labute approximate surface area is 140 Å². The van der Waals surface area contributed by atoms with Gasteiger partial charge in [0.05, 0.1) is 7.11 Å². The molecule has 0 aromatic heterocycles. The van der Waals surface area contributed by atoms with Crippen molar-refractivity contribution in [1.82, 2.24) is 5.32 Å². The number of esters is 1. The molecule has 24 heavy (non-hydrogen) atoms. The van der Waals surface area contributed by atoms with E-state index in [2.05, 4.69) is 10.1 Å². The summed E-state index contributed by atoms with van der Waals surface area (Å²) in [6.07, 6.45) is -2.06. The van der Waals surface area contributed by atoms with Crippen LogP contribution in [0.5, 0.6) is 0 Å². The average molecular weight is 329 g/mol. The molecule has 0 heterocycles. The summed E-state index contributed by atoms with van der Waals surface area (Å²) in [6.45, 7) is 0.0575. The number of aliphatic hydroxyl groups is 1. The monoisotopic (exact) mass is 329 g/mol. The highest BCUT2D eigenvalue weighted by Crippen LogP contribution is 2.17. The third-order valence-corrected chi connectivity index (χ3v) is 3.40. The number of benzene rings is 2. The summed E-state index contributed by atoms with van der Waals surface area (Å²) >= 11 is 0. The van der Waals surface area contributed by atoms with Crippen LogP contribution in [-0.4, -0.2) is 30.3 Å². The SMILES string of the molecule is COC(=O)[C@@H](NC(=O)OCc1ccccc1)C(O)c1ccccc1. The molecule has 2 aromatic rings. The van der Waals surface area contributed by atoms with E-state index in [-0.39, 0.29) is 6.61 Å². The van der Waals surface area contributed by atoms with Gasteiger partial charge in [-0.05, 0) is 11.1 Å². The maximum absolute atomic E-state index is 11.9. The fraction of sp³-hybridized carbons (Fsp3) is 0.222. The van der Waals surface area contributed by atoms with Gasteiger partial charge in [0.25, 0.3) is 0 Å². The third-order valence-electron chi connectivity index (χ3n) is 3.40. The molecule has 0 aliphatic carbocycles. The van der Waals surface area contributed by atoms with Crippen molar-refractivity contribution >= 4 is 12.1 Å². The summed E-state index contributed by atoms with van der Waals surface area (Å²) in [6, 6.07) is 16.4. The lowest BCUT2D eigenvalue weighted by Gasteiger charge is -2.22. The lowest BCUT2D eigenvalue weighted by molar-refractivity contribution is -0.146. The first-order valence-electron chi connectivity index (χ1n) is 7.40. The molecule has 0 saturated carbocycles. The number of methoxy groups -OCH3 is 1. The Morgan fingerprint density at radius 1 is 1.04 bits per heavy atom. The summed E-state index contributed by atoms with van der Waals surface area (Å²) in [5.41, 5.74) is 1.29. The quantitative estimate of drug-likeness (QED) is 0.794. The molecular formula is C18H19NO5. The zero-order chi connectivity index (χ0) is 17.4. The third kappa shape index (κ3) is 4.82. The molecule has 1 amide bonds. The first kappa shape index (κ1) is 17.5. The van der Waals surface area contributed by atoms with E-state index in [1.165, 1.54) is 7.11 Å². The smallest absolute Gasteiger partial charge is 0.408 e. The number of hydrogen-bond donors (Lipinski definition) is 2. The zero-order valence-electron chi connectivity index (χ0n) is 13.2. The van der Waals surface area contributed by atoms with Gasteiger partial charge in [-0.3, -0.25) is 0 Å². The van der Waals surface area contributed by atoms with Crippen LogP contribution in [0, 0.1) is 0 Å². The van der Waals surface area contributed by atoms with Gasteiger partial charge in [-0.15, -0.1) is 0 Å². The summed E-state index contributed by atoms with van der Waals surface area (Å²) in [7, 11) is 1.18. The van der Waals surface area contributed by atoms with Crippen LogP contribution < -0.4 is 5.32 Å². The fourth-order valence-electron chi connectivity index (χ4n) is 2.13. The Hall–Kier alpha value is -2.86. The Bertz CT molecular complexity index is 660. The van der Waals surface area contributed by atoms with Gasteiger partial charge in [-0.2, -0.15) is 0 Å². The molecule has 0 aliphatic rings. The second-order valence-corrected chi connectivity index (χ2v) is 5.06. The van der Waals surface area contributed by atoms with Gasteiger partial charge in [-0.25, -0.2) is 9.59 Å². The first-order chi connectivity index (χ1) is 11.6. The molecule has 2 N–H and O–H groups in total. The molecule has 126 valence electrons. The Morgan fingerprint density at radius 2 is 1.62 bits per heavy atom. The summed E-state index contributed by atoms with van der Waals surface area (Å²) in [5.74, 6) is -0.761. The standard InChI is InChI=1S/C18H19NO5/c1-23-17(21)15(16(20)14-10-6-3-7-11-14)19-18(22)24-12-13-8-4-2-5-9-13/h2-11,15-16,20H,12H2,1H3,(H,19,22)/t15-,16?/m0/s1. The van der Waals surface area contributed by atoms with Gasteiger partial charge in [0.2, 0.25) is 0 Å². The van der Waals surface area contributed by atoms with E-state index in [1.54, 1.807) is 30.3 Å². The van der Waals surface area contributed by atoms with Gasteiger partial charge in [0.1, 0.15) is 12.7 Å². The number of carbonyl (C=O) groups is 2. The maximum atomic E-state index is 11.9. The van der Waals surface area contributed by atoms with Gasteiger partial charge >= 0.3 is 12.1 Å². The minimum absolute atomic E-state index is 0.0575. The lowest BCUT2D eigenvalue weighted by Crippen LogP contribution is -2.45. The van der Waals surface area contributed by atoms with Crippen molar-refractivity contribution in [2.75, 3.05) is 7.11 Å². The molecule has 6 heteroatoms. The highest BCUT2D eigenvalue weighted by Gasteiger charge is 2.31. The Balaban J connectivity index is 2.00. The van der Waals surface area contributed by atoms with Crippen LogP contribution in [0.15, 0.2) is 60.7 Å². The number of nitrogens with one attached hydrogen (secondary N) is 1. The van der Waals surface area contributed by atoms with Gasteiger partial charge in [-0.1, -0.05) is 60.7 Å². The van der Waals surface area contributed by atoms with Gasteiger partial charge in [0.15, 0.2) is 6.04 Å². The second-order valence-electron chi connectivity index (χ2n) is 5.06. The van der Waals surface area contributed by atoms with Crippen molar-refractivity contribution in [2.24, 2.45) is 0 Å². The molecule has 2 rings (SSSR count). The maximum Gasteiger partial charge on any atom is 0.408 e. The predicted octanol–water partition coefficient (Wildman–Crippen LogP) is 2.19. The van der Waals surface area contributed by atoms with Crippen molar-refractivity contribution < 1.29 is 24.2 Å². The van der Waals surface area contributed by atoms with Crippen LogP contribution in [0.2, 0.25) is 0 Å². The first-order valence-corrected chi connectivity index (χ1v) is 7.40. The van der Waals surface area contributed by atoms with Crippen molar-refractivity contribution in [3.63, 3.8) is 0 Å². The summed E-state index contributed by atoms with van der Waals surface area (Å²) in [4.78, 5) is 23.8. The number of amides is 1. The van der Waals surface area contributed by atoms with Crippen LogP contribution in [0.3, 0.4) is 0 Å². The van der Waals surface area contributed by atoms with E-state index >= 15 is 0 Å². The highest BCUT2D eigenvalue weighted by molar-refractivity contribution is 5.82. The number of ether oxygens (including phenoxy) is 2. The second kappa shape index (κ2) is 8.69. The van der Waals surface area contributed by atoms with Crippen LogP contribution in [-0.2, 0) is 20.9 Å². The molecular weight excluding hydrogens is 310 g/mol. The fourth-order valence-corrected chi connectivity index (χ4v) is 2.13. The van der Waals surface area contributed by atoms with Crippen LogP contribution in [0.25, 0.3) is 0 Å². The lowest BCUT2D eigenvalue weighted by atomic mass is 10.0. The minimum atomic E-state index is -1.26. The van der Waals surface area contributed by atoms with E-state index in [4.69, 9.17) is 4.74 Å². The molecule has 0 spiro atoms. The Morgan fingerprint density at radius 3 is 2.21 bits per heavy atom. The Kier molecular flexibility index (Phi) is 6.33. The average Bonchev–Trinajstić information content (AvgIpc) is 2.65. The zero-order valence-corrected chi connectivity index (χ0v) is 13.2. The summed E-state index contributed by atoms with van der Waals surface area (Å²) < 4.78 is 9.72. The molecule has 0 saturated heterocycles. The van der Waals surface area contributed by atoms with E-state index < -0.39 is 24.2 Å². The highest BCUT2D eigenvalue weighted by atomic mass is 16.6. The number of carbonyl (C=O) groups excluding carboxylic acids is 2. The van der Waals surface area contributed by atoms with Gasteiger partial charge in [0, 0.05) is 0 Å².